The molecule has 1 aliphatic rings. The third-order valence-corrected chi connectivity index (χ3v) is 5.13. The van der Waals surface area contributed by atoms with E-state index in [1.807, 2.05) is 0 Å². The first-order valence-electron chi connectivity index (χ1n) is 7.45. The van der Waals surface area contributed by atoms with Gasteiger partial charge in [0.2, 0.25) is 0 Å². The van der Waals surface area contributed by atoms with Gasteiger partial charge in [-0.2, -0.15) is 11.8 Å². The van der Waals surface area contributed by atoms with Crippen molar-refractivity contribution in [2.45, 2.75) is 38.6 Å². The zero-order chi connectivity index (χ0) is 13.5. The van der Waals surface area contributed by atoms with Crippen molar-refractivity contribution in [1.82, 2.24) is 10.2 Å². The molecular weight excluding hydrogens is 252 g/mol. The van der Waals surface area contributed by atoms with Gasteiger partial charge in [-0.3, -0.25) is 4.90 Å². The van der Waals surface area contributed by atoms with E-state index in [4.69, 9.17) is 0 Å². The van der Waals surface area contributed by atoms with Gasteiger partial charge in [0, 0.05) is 37.2 Å². The number of nitrogens with one attached hydrogen (secondary N) is 1. The molecular formula is C16H26N2S. The lowest BCUT2D eigenvalue weighted by Gasteiger charge is -2.32. The van der Waals surface area contributed by atoms with E-state index in [1.54, 1.807) is 0 Å². The summed E-state index contributed by atoms with van der Waals surface area (Å²) in [6.07, 6.45) is 1.29. The van der Waals surface area contributed by atoms with Crippen LogP contribution in [0.2, 0.25) is 0 Å². The van der Waals surface area contributed by atoms with Crippen LogP contribution < -0.4 is 5.32 Å². The summed E-state index contributed by atoms with van der Waals surface area (Å²) in [5.41, 5.74) is 2.95. The summed E-state index contributed by atoms with van der Waals surface area (Å²) >= 11 is 2.14. The molecule has 1 saturated heterocycles. The average molecular weight is 278 g/mol. The Labute approximate surface area is 122 Å². The van der Waals surface area contributed by atoms with Crippen LogP contribution in [0.1, 0.15) is 31.4 Å². The molecule has 1 fully saturated rings. The Morgan fingerprint density at radius 1 is 1.26 bits per heavy atom. The molecule has 0 aliphatic carbocycles. The molecule has 0 bridgehead atoms. The number of thioether (sulfide) groups is 1. The van der Waals surface area contributed by atoms with Crippen LogP contribution >= 0.6 is 11.8 Å². The molecule has 1 N–H and O–H groups in total. The molecule has 0 radical (unpaired) electrons. The number of benzene rings is 1. The number of hydrogen-bond donors (Lipinski definition) is 1. The highest BCUT2D eigenvalue weighted by atomic mass is 32.2. The maximum Gasteiger partial charge on any atom is 0.0237 e. The third kappa shape index (κ3) is 4.51. The SMILES string of the molecule is CCNCc1ccccc1CN1CCSC(CC)C1. The Hall–Kier alpha value is -0.510. The minimum absolute atomic E-state index is 0.828. The lowest BCUT2D eigenvalue weighted by Crippen LogP contribution is -2.37. The number of rotatable bonds is 6. The first-order chi connectivity index (χ1) is 9.33. The van der Waals surface area contributed by atoms with Gasteiger partial charge < -0.3 is 5.32 Å². The predicted molar refractivity (Wildman–Crippen MR) is 85.6 cm³/mol. The van der Waals surface area contributed by atoms with Gasteiger partial charge in [0.25, 0.3) is 0 Å². The van der Waals surface area contributed by atoms with Gasteiger partial charge in [-0.15, -0.1) is 0 Å². The Kier molecular flexibility index (Phi) is 6.21. The molecule has 1 aromatic rings. The molecule has 1 atom stereocenters. The largest absolute Gasteiger partial charge is 0.313 e. The second-order valence-electron chi connectivity index (χ2n) is 5.19. The van der Waals surface area contributed by atoms with E-state index in [9.17, 15) is 0 Å². The van der Waals surface area contributed by atoms with Crippen LogP contribution in [0.3, 0.4) is 0 Å². The molecule has 1 aliphatic heterocycles. The van der Waals surface area contributed by atoms with E-state index in [2.05, 4.69) is 60.1 Å². The summed E-state index contributed by atoms with van der Waals surface area (Å²) in [4.78, 5) is 2.62. The van der Waals surface area contributed by atoms with E-state index < -0.39 is 0 Å². The zero-order valence-electron chi connectivity index (χ0n) is 12.2. The summed E-state index contributed by atoms with van der Waals surface area (Å²) < 4.78 is 0. The van der Waals surface area contributed by atoms with E-state index in [1.165, 1.54) is 36.4 Å². The summed E-state index contributed by atoms with van der Waals surface area (Å²) in [6, 6.07) is 8.86. The third-order valence-electron chi connectivity index (χ3n) is 3.76. The van der Waals surface area contributed by atoms with Gasteiger partial charge in [0.1, 0.15) is 0 Å². The van der Waals surface area contributed by atoms with E-state index in [-0.39, 0.29) is 0 Å². The molecule has 1 heterocycles. The maximum absolute atomic E-state index is 3.44. The zero-order valence-corrected chi connectivity index (χ0v) is 13.0. The number of hydrogen-bond acceptors (Lipinski definition) is 3. The molecule has 19 heavy (non-hydrogen) atoms. The highest BCUT2D eigenvalue weighted by molar-refractivity contribution is 8.00. The molecule has 1 aromatic carbocycles. The second-order valence-corrected chi connectivity index (χ2v) is 6.59. The smallest absolute Gasteiger partial charge is 0.0237 e. The van der Waals surface area contributed by atoms with Crippen LogP contribution in [0.4, 0.5) is 0 Å². The van der Waals surface area contributed by atoms with Crippen molar-refractivity contribution in [3.8, 4) is 0 Å². The lowest BCUT2D eigenvalue weighted by atomic mass is 10.1. The van der Waals surface area contributed by atoms with Crippen molar-refractivity contribution in [3.05, 3.63) is 35.4 Å². The maximum atomic E-state index is 3.44. The molecule has 2 rings (SSSR count). The molecule has 0 amide bonds. The standard InChI is InChI=1S/C16H26N2S/c1-3-16-13-18(9-10-19-16)12-15-8-6-5-7-14(15)11-17-4-2/h5-8,16-17H,3-4,9-13H2,1-2H3. The van der Waals surface area contributed by atoms with Crippen molar-refractivity contribution in [1.29, 1.82) is 0 Å². The highest BCUT2D eigenvalue weighted by Gasteiger charge is 2.19. The van der Waals surface area contributed by atoms with Crippen molar-refractivity contribution in [2.24, 2.45) is 0 Å². The average Bonchev–Trinajstić information content (AvgIpc) is 2.46. The van der Waals surface area contributed by atoms with Gasteiger partial charge in [-0.1, -0.05) is 38.1 Å². The van der Waals surface area contributed by atoms with Crippen LogP contribution in [0.15, 0.2) is 24.3 Å². The Bertz CT molecular complexity index is 381. The monoisotopic (exact) mass is 278 g/mol. The predicted octanol–water partition coefficient (Wildman–Crippen LogP) is 3.12. The topological polar surface area (TPSA) is 15.3 Å². The molecule has 106 valence electrons. The summed E-state index contributed by atoms with van der Waals surface area (Å²) in [7, 11) is 0. The summed E-state index contributed by atoms with van der Waals surface area (Å²) in [5.74, 6) is 1.29. The number of nitrogens with zero attached hydrogens (tertiary/aromatic N) is 1. The first-order valence-corrected chi connectivity index (χ1v) is 8.49. The minimum atomic E-state index is 0.828. The molecule has 3 heteroatoms. The summed E-state index contributed by atoms with van der Waals surface area (Å²) in [6.45, 7) is 10.1. The van der Waals surface area contributed by atoms with Crippen LogP contribution in [0.25, 0.3) is 0 Å². The van der Waals surface area contributed by atoms with Crippen LogP contribution in [-0.4, -0.2) is 35.5 Å². The first kappa shape index (κ1) is 14.9. The van der Waals surface area contributed by atoms with Gasteiger partial charge in [0.15, 0.2) is 0 Å². The fraction of sp³-hybridized carbons (Fsp3) is 0.625. The van der Waals surface area contributed by atoms with Crippen molar-refractivity contribution < 1.29 is 0 Å². The molecule has 0 saturated carbocycles. The van der Waals surface area contributed by atoms with E-state index >= 15 is 0 Å². The van der Waals surface area contributed by atoms with Crippen LogP contribution in [0, 0.1) is 0 Å². The van der Waals surface area contributed by atoms with Crippen LogP contribution in [-0.2, 0) is 13.1 Å². The quantitative estimate of drug-likeness (QED) is 0.860. The fourth-order valence-electron chi connectivity index (χ4n) is 2.56. The van der Waals surface area contributed by atoms with Crippen molar-refractivity contribution >= 4 is 11.8 Å². The van der Waals surface area contributed by atoms with Crippen molar-refractivity contribution in [2.75, 3.05) is 25.4 Å². The fourth-order valence-corrected chi connectivity index (χ4v) is 3.80. The Balaban J connectivity index is 1.97. The summed E-state index contributed by atoms with van der Waals surface area (Å²) in [5, 5.41) is 4.27. The van der Waals surface area contributed by atoms with Gasteiger partial charge in [-0.25, -0.2) is 0 Å². The minimum Gasteiger partial charge on any atom is -0.313 e. The molecule has 0 spiro atoms. The van der Waals surface area contributed by atoms with E-state index in [0.29, 0.717) is 0 Å². The van der Waals surface area contributed by atoms with Gasteiger partial charge >= 0.3 is 0 Å². The Morgan fingerprint density at radius 2 is 2.05 bits per heavy atom. The van der Waals surface area contributed by atoms with Gasteiger partial charge in [-0.05, 0) is 24.1 Å². The Morgan fingerprint density at radius 3 is 2.79 bits per heavy atom. The highest BCUT2D eigenvalue weighted by Crippen LogP contribution is 2.23. The van der Waals surface area contributed by atoms with Crippen molar-refractivity contribution in [3.63, 3.8) is 0 Å². The van der Waals surface area contributed by atoms with Gasteiger partial charge in [0.05, 0.1) is 0 Å². The van der Waals surface area contributed by atoms with Crippen LogP contribution in [0.5, 0.6) is 0 Å². The molecule has 1 unspecified atom stereocenters. The second kappa shape index (κ2) is 7.93. The molecule has 2 nitrogen and oxygen atoms in total. The molecule has 0 aromatic heterocycles. The van der Waals surface area contributed by atoms with E-state index in [0.717, 1.165) is 24.9 Å². The lowest BCUT2D eigenvalue weighted by molar-refractivity contribution is 0.272. The normalized spacial score (nSPS) is 20.6.